The van der Waals surface area contributed by atoms with Crippen molar-refractivity contribution in [2.24, 2.45) is 0 Å². The third kappa shape index (κ3) is 4.02. The predicted molar refractivity (Wildman–Crippen MR) is 98.8 cm³/mol. The number of ether oxygens (including phenoxy) is 1. The number of imide groups is 1. The van der Waals surface area contributed by atoms with Crippen LogP contribution >= 0.6 is 0 Å². The molecule has 150 valence electrons. The minimum absolute atomic E-state index is 0.0975. The van der Waals surface area contributed by atoms with Crippen LogP contribution in [0.1, 0.15) is 31.2 Å². The highest BCUT2D eigenvalue weighted by atomic mass is 16.7. The molecule has 8 nitrogen and oxygen atoms in total. The second-order valence-electron chi connectivity index (χ2n) is 7.65. The number of hydrogen-bond donors (Lipinski definition) is 0. The van der Waals surface area contributed by atoms with Crippen LogP contribution in [0.5, 0.6) is 0 Å². The van der Waals surface area contributed by atoms with E-state index in [0.717, 1.165) is 19.6 Å². The molecule has 3 heterocycles. The van der Waals surface area contributed by atoms with Crippen molar-refractivity contribution in [2.45, 2.75) is 37.8 Å². The summed E-state index contributed by atoms with van der Waals surface area (Å²) in [6.07, 6.45) is 0.959. The molecule has 3 fully saturated rings. The number of benzene rings is 1. The Morgan fingerprint density at radius 2 is 1.71 bits per heavy atom. The average molecular weight is 387 g/mol. The van der Waals surface area contributed by atoms with E-state index in [4.69, 9.17) is 9.57 Å². The van der Waals surface area contributed by atoms with Crippen LogP contribution < -0.4 is 0 Å². The number of amides is 3. The van der Waals surface area contributed by atoms with Gasteiger partial charge in [-0.05, 0) is 18.4 Å². The topological polar surface area (TPSA) is 79.4 Å². The number of likely N-dealkylation sites (tertiary alicyclic amines) is 1. The van der Waals surface area contributed by atoms with Gasteiger partial charge in [0.05, 0.1) is 12.2 Å². The molecule has 1 aromatic rings. The molecule has 4 rings (SSSR count). The number of carbonyl (C=O) groups is 3. The van der Waals surface area contributed by atoms with Crippen molar-refractivity contribution in [3.63, 3.8) is 0 Å². The fourth-order valence-corrected chi connectivity index (χ4v) is 4.09. The summed E-state index contributed by atoms with van der Waals surface area (Å²) in [5.74, 6) is -0.919. The number of nitrogens with zero attached hydrogens (tertiary/aromatic N) is 3. The number of carbonyl (C=O) groups excluding carboxylic acids is 3. The second-order valence-corrected chi connectivity index (χ2v) is 7.65. The first-order valence-electron chi connectivity index (χ1n) is 9.78. The lowest BCUT2D eigenvalue weighted by Gasteiger charge is -2.47. The van der Waals surface area contributed by atoms with Gasteiger partial charge < -0.3 is 14.5 Å². The van der Waals surface area contributed by atoms with Gasteiger partial charge in [0.1, 0.15) is 0 Å². The van der Waals surface area contributed by atoms with Gasteiger partial charge in [-0.25, -0.2) is 4.79 Å². The van der Waals surface area contributed by atoms with E-state index < -0.39 is 17.9 Å². The smallest absolute Gasteiger partial charge is 0.372 e. The van der Waals surface area contributed by atoms with Crippen LogP contribution in [0.15, 0.2) is 30.3 Å². The molecular formula is C20H25N3O5. The SMILES string of the molecule is O=C(ON1C(=O)CCC1=O)N1CCC2(CC1)CN(Cc1ccccc1)CCO2. The highest BCUT2D eigenvalue weighted by Crippen LogP contribution is 2.31. The van der Waals surface area contributed by atoms with E-state index in [1.165, 1.54) is 5.56 Å². The first kappa shape index (κ1) is 18.9. The quantitative estimate of drug-likeness (QED) is 0.733. The van der Waals surface area contributed by atoms with Crippen molar-refractivity contribution < 1.29 is 24.0 Å². The van der Waals surface area contributed by atoms with Crippen LogP contribution in [0.2, 0.25) is 0 Å². The molecule has 3 aliphatic rings. The summed E-state index contributed by atoms with van der Waals surface area (Å²) < 4.78 is 6.13. The molecule has 0 radical (unpaired) electrons. The van der Waals surface area contributed by atoms with Gasteiger partial charge in [0, 0.05) is 45.6 Å². The summed E-state index contributed by atoms with van der Waals surface area (Å²) in [6.45, 7) is 4.24. The molecule has 0 unspecified atom stereocenters. The molecule has 3 saturated heterocycles. The second kappa shape index (κ2) is 7.89. The van der Waals surface area contributed by atoms with Gasteiger partial charge in [0.2, 0.25) is 0 Å². The summed E-state index contributed by atoms with van der Waals surface area (Å²) in [4.78, 5) is 44.5. The molecule has 0 aliphatic carbocycles. The molecule has 0 saturated carbocycles. The van der Waals surface area contributed by atoms with E-state index in [1.807, 2.05) is 18.2 Å². The Bertz CT molecular complexity index is 729. The molecule has 0 atom stereocenters. The van der Waals surface area contributed by atoms with E-state index in [-0.39, 0.29) is 18.4 Å². The van der Waals surface area contributed by atoms with Crippen molar-refractivity contribution in [1.29, 1.82) is 0 Å². The molecule has 0 bridgehead atoms. The summed E-state index contributed by atoms with van der Waals surface area (Å²) in [7, 11) is 0. The molecule has 3 aliphatic heterocycles. The third-order valence-corrected chi connectivity index (χ3v) is 5.68. The zero-order valence-electron chi connectivity index (χ0n) is 15.8. The lowest BCUT2D eigenvalue weighted by atomic mass is 9.89. The van der Waals surface area contributed by atoms with Crippen LogP contribution in [-0.4, -0.2) is 71.2 Å². The largest absolute Gasteiger partial charge is 0.434 e. The Balaban J connectivity index is 1.30. The lowest BCUT2D eigenvalue weighted by molar-refractivity contribution is -0.176. The van der Waals surface area contributed by atoms with Gasteiger partial charge in [0.25, 0.3) is 11.8 Å². The van der Waals surface area contributed by atoms with Crippen LogP contribution in [-0.2, 0) is 25.7 Å². The fraction of sp³-hybridized carbons (Fsp3) is 0.550. The molecule has 8 heteroatoms. The number of morpholine rings is 1. The molecule has 3 amide bonds. The molecule has 0 aromatic heterocycles. The maximum Gasteiger partial charge on any atom is 0.434 e. The Labute approximate surface area is 163 Å². The van der Waals surface area contributed by atoms with E-state index in [0.29, 0.717) is 37.6 Å². The van der Waals surface area contributed by atoms with Gasteiger partial charge in [-0.15, -0.1) is 5.06 Å². The van der Waals surface area contributed by atoms with E-state index in [1.54, 1.807) is 4.90 Å². The van der Waals surface area contributed by atoms with E-state index in [9.17, 15) is 14.4 Å². The van der Waals surface area contributed by atoms with Crippen LogP contribution in [0.3, 0.4) is 0 Å². The Morgan fingerprint density at radius 3 is 2.39 bits per heavy atom. The molecule has 1 aromatic carbocycles. The first-order valence-corrected chi connectivity index (χ1v) is 9.78. The number of hydrogen-bond acceptors (Lipinski definition) is 6. The monoisotopic (exact) mass is 387 g/mol. The summed E-state index contributed by atoms with van der Waals surface area (Å²) >= 11 is 0. The van der Waals surface area contributed by atoms with E-state index >= 15 is 0 Å². The van der Waals surface area contributed by atoms with Crippen LogP contribution in [0.25, 0.3) is 0 Å². The Morgan fingerprint density at radius 1 is 1.04 bits per heavy atom. The average Bonchev–Trinajstić information content (AvgIpc) is 3.01. The van der Waals surface area contributed by atoms with Crippen molar-refractivity contribution in [3.8, 4) is 0 Å². The molecule has 0 N–H and O–H groups in total. The summed E-state index contributed by atoms with van der Waals surface area (Å²) in [5.41, 5.74) is 1.02. The number of piperidine rings is 1. The Hall–Kier alpha value is -2.45. The lowest BCUT2D eigenvalue weighted by Crippen LogP contribution is -2.57. The van der Waals surface area contributed by atoms with Crippen molar-refractivity contribution in [2.75, 3.05) is 32.8 Å². The van der Waals surface area contributed by atoms with Crippen molar-refractivity contribution >= 4 is 17.9 Å². The van der Waals surface area contributed by atoms with Crippen molar-refractivity contribution in [1.82, 2.24) is 14.9 Å². The number of hydroxylamine groups is 2. The maximum atomic E-state index is 12.3. The predicted octanol–water partition coefficient (Wildman–Crippen LogP) is 1.55. The zero-order chi connectivity index (χ0) is 19.6. The van der Waals surface area contributed by atoms with Crippen molar-refractivity contribution in [3.05, 3.63) is 35.9 Å². The highest BCUT2D eigenvalue weighted by molar-refractivity contribution is 6.01. The fourth-order valence-electron chi connectivity index (χ4n) is 4.09. The van der Waals surface area contributed by atoms with Gasteiger partial charge in [-0.2, -0.15) is 0 Å². The van der Waals surface area contributed by atoms with Gasteiger partial charge >= 0.3 is 6.09 Å². The standard InChI is InChI=1S/C20H25N3O5/c24-17-6-7-18(25)23(17)28-19(26)22-10-8-20(9-11-22)15-21(12-13-27-20)14-16-4-2-1-3-5-16/h1-5H,6-15H2. The summed E-state index contributed by atoms with van der Waals surface area (Å²) in [6, 6.07) is 10.4. The highest BCUT2D eigenvalue weighted by Gasteiger charge is 2.42. The minimum Gasteiger partial charge on any atom is -0.372 e. The minimum atomic E-state index is -0.643. The van der Waals surface area contributed by atoms with Gasteiger partial charge in [0.15, 0.2) is 0 Å². The maximum absolute atomic E-state index is 12.3. The summed E-state index contributed by atoms with van der Waals surface area (Å²) in [5, 5.41) is 0.603. The molecule has 1 spiro atoms. The van der Waals surface area contributed by atoms with Crippen LogP contribution in [0, 0.1) is 0 Å². The zero-order valence-corrected chi connectivity index (χ0v) is 15.8. The van der Waals surface area contributed by atoms with Gasteiger partial charge in [-0.1, -0.05) is 30.3 Å². The normalized spacial score (nSPS) is 22.7. The molecular weight excluding hydrogens is 362 g/mol. The first-order chi connectivity index (χ1) is 13.5. The van der Waals surface area contributed by atoms with Crippen LogP contribution in [0.4, 0.5) is 4.79 Å². The number of rotatable bonds is 3. The molecule has 28 heavy (non-hydrogen) atoms. The van der Waals surface area contributed by atoms with Gasteiger partial charge in [-0.3, -0.25) is 14.5 Å². The third-order valence-electron chi connectivity index (χ3n) is 5.68. The Kier molecular flexibility index (Phi) is 5.32. The van der Waals surface area contributed by atoms with E-state index in [2.05, 4.69) is 17.0 Å².